The third-order valence-electron chi connectivity index (χ3n) is 5.03. The Hall–Kier alpha value is -3.25. The second kappa shape index (κ2) is 8.41. The number of carbonyl (C=O) groups excluding carboxylic acids is 1. The Bertz CT molecular complexity index is 1040. The van der Waals surface area contributed by atoms with Crippen molar-refractivity contribution < 1.29 is 18.7 Å². The summed E-state index contributed by atoms with van der Waals surface area (Å²) in [4.78, 5) is 16.9. The van der Waals surface area contributed by atoms with E-state index in [0.717, 1.165) is 12.8 Å². The van der Waals surface area contributed by atoms with Crippen LogP contribution >= 0.6 is 0 Å². The number of fused-ring (bicyclic) bond motifs is 1. The van der Waals surface area contributed by atoms with Gasteiger partial charge < -0.3 is 14.8 Å². The predicted molar refractivity (Wildman–Crippen MR) is 108 cm³/mol. The molecule has 1 atom stereocenters. The summed E-state index contributed by atoms with van der Waals surface area (Å²) in [5.41, 5.74) is 3.81. The SMILES string of the molecule is COC1Cc2ccc(NC(=O)c3cccnc3OCc3ccccc3F)cc2C1. The van der Waals surface area contributed by atoms with Crippen molar-refractivity contribution in [2.24, 2.45) is 0 Å². The van der Waals surface area contributed by atoms with Crippen LogP contribution in [0.2, 0.25) is 0 Å². The number of hydrogen-bond donors (Lipinski definition) is 1. The number of ether oxygens (including phenoxy) is 2. The van der Waals surface area contributed by atoms with Gasteiger partial charge in [0.2, 0.25) is 5.88 Å². The van der Waals surface area contributed by atoms with E-state index in [9.17, 15) is 9.18 Å². The molecule has 3 aromatic rings. The average Bonchev–Trinajstić information content (AvgIpc) is 3.16. The molecule has 1 aromatic heterocycles. The number of methoxy groups -OCH3 is 1. The van der Waals surface area contributed by atoms with E-state index in [1.807, 2.05) is 18.2 Å². The summed E-state index contributed by atoms with van der Waals surface area (Å²) in [5.74, 6) is -0.529. The molecule has 0 spiro atoms. The van der Waals surface area contributed by atoms with Gasteiger partial charge in [-0.05, 0) is 54.3 Å². The van der Waals surface area contributed by atoms with Gasteiger partial charge in [-0.2, -0.15) is 0 Å². The van der Waals surface area contributed by atoms with E-state index in [0.29, 0.717) is 16.8 Å². The van der Waals surface area contributed by atoms with E-state index in [2.05, 4.69) is 10.3 Å². The monoisotopic (exact) mass is 392 g/mol. The lowest BCUT2D eigenvalue weighted by atomic mass is 10.1. The first-order valence-electron chi connectivity index (χ1n) is 9.41. The Kier molecular flexibility index (Phi) is 5.53. The summed E-state index contributed by atoms with van der Waals surface area (Å²) < 4.78 is 24.9. The van der Waals surface area contributed by atoms with Crippen LogP contribution in [-0.4, -0.2) is 24.1 Å². The third kappa shape index (κ3) is 4.27. The van der Waals surface area contributed by atoms with E-state index >= 15 is 0 Å². The highest BCUT2D eigenvalue weighted by molar-refractivity contribution is 6.05. The number of pyridine rings is 1. The van der Waals surface area contributed by atoms with E-state index in [1.54, 1.807) is 37.4 Å². The summed E-state index contributed by atoms with van der Waals surface area (Å²) in [6.45, 7) is -0.0127. The molecule has 1 amide bonds. The maximum absolute atomic E-state index is 13.8. The van der Waals surface area contributed by atoms with Gasteiger partial charge in [-0.15, -0.1) is 0 Å². The fraction of sp³-hybridized carbons (Fsp3) is 0.217. The molecular weight excluding hydrogens is 371 g/mol. The lowest BCUT2D eigenvalue weighted by Gasteiger charge is -2.12. The number of rotatable bonds is 6. The van der Waals surface area contributed by atoms with Crippen molar-refractivity contribution in [3.63, 3.8) is 0 Å². The molecule has 1 unspecified atom stereocenters. The van der Waals surface area contributed by atoms with Crippen LogP contribution in [0.5, 0.6) is 5.88 Å². The normalized spacial score (nSPS) is 15.0. The minimum atomic E-state index is -0.359. The molecule has 1 aliphatic carbocycles. The van der Waals surface area contributed by atoms with Gasteiger partial charge in [-0.1, -0.05) is 24.3 Å². The molecule has 1 aliphatic rings. The van der Waals surface area contributed by atoms with Crippen molar-refractivity contribution in [1.82, 2.24) is 4.98 Å². The lowest BCUT2D eigenvalue weighted by Crippen LogP contribution is -2.14. The van der Waals surface area contributed by atoms with E-state index in [-0.39, 0.29) is 30.3 Å². The number of nitrogens with zero attached hydrogens (tertiary/aromatic N) is 1. The number of hydrogen-bond acceptors (Lipinski definition) is 4. The van der Waals surface area contributed by atoms with Gasteiger partial charge in [-0.25, -0.2) is 9.37 Å². The fourth-order valence-electron chi connectivity index (χ4n) is 3.46. The number of nitrogens with one attached hydrogen (secondary N) is 1. The van der Waals surface area contributed by atoms with Gasteiger partial charge in [0.1, 0.15) is 18.0 Å². The zero-order valence-corrected chi connectivity index (χ0v) is 16.0. The van der Waals surface area contributed by atoms with Gasteiger partial charge >= 0.3 is 0 Å². The molecule has 0 bridgehead atoms. The lowest BCUT2D eigenvalue weighted by molar-refractivity contribution is 0.102. The minimum absolute atomic E-state index is 0.0127. The maximum Gasteiger partial charge on any atom is 0.261 e. The maximum atomic E-state index is 13.8. The fourth-order valence-corrected chi connectivity index (χ4v) is 3.46. The van der Waals surface area contributed by atoms with Crippen molar-refractivity contribution >= 4 is 11.6 Å². The molecule has 5 nitrogen and oxygen atoms in total. The first kappa shape index (κ1) is 19.1. The van der Waals surface area contributed by atoms with Crippen LogP contribution in [0.4, 0.5) is 10.1 Å². The number of benzene rings is 2. The number of halogens is 1. The quantitative estimate of drug-likeness (QED) is 0.684. The second-order valence-electron chi connectivity index (χ2n) is 6.94. The molecule has 29 heavy (non-hydrogen) atoms. The van der Waals surface area contributed by atoms with E-state index in [1.165, 1.54) is 23.4 Å². The molecule has 0 aliphatic heterocycles. The van der Waals surface area contributed by atoms with Crippen molar-refractivity contribution in [3.05, 3.63) is 88.9 Å². The molecule has 1 N–H and O–H groups in total. The zero-order valence-electron chi connectivity index (χ0n) is 16.0. The molecular formula is C23H21FN2O3. The molecule has 0 radical (unpaired) electrons. The van der Waals surface area contributed by atoms with Crippen molar-refractivity contribution in [3.8, 4) is 5.88 Å². The molecule has 1 heterocycles. The van der Waals surface area contributed by atoms with Crippen LogP contribution in [0.1, 0.15) is 27.0 Å². The largest absolute Gasteiger partial charge is 0.472 e. The highest BCUT2D eigenvalue weighted by Crippen LogP contribution is 2.27. The summed E-state index contributed by atoms with van der Waals surface area (Å²) in [5, 5.41) is 2.90. The first-order chi connectivity index (χ1) is 14.1. The Morgan fingerprint density at radius 3 is 2.79 bits per heavy atom. The van der Waals surface area contributed by atoms with Gasteiger partial charge in [0.15, 0.2) is 0 Å². The Balaban J connectivity index is 1.48. The van der Waals surface area contributed by atoms with E-state index in [4.69, 9.17) is 9.47 Å². The summed E-state index contributed by atoms with van der Waals surface area (Å²) >= 11 is 0. The third-order valence-corrected chi connectivity index (χ3v) is 5.03. The van der Waals surface area contributed by atoms with Crippen LogP contribution in [0, 0.1) is 5.82 Å². The van der Waals surface area contributed by atoms with Gasteiger partial charge in [0, 0.05) is 24.6 Å². The number of anilines is 1. The first-order valence-corrected chi connectivity index (χ1v) is 9.41. The smallest absolute Gasteiger partial charge is 0.261 e. The highest BCUT2D eigenvalue weighted by Gasteiger charge is 2.22. The topological polar surface area (TPSA) is 60.5 Å². The van der Waals surface area contributed by atoms with Gasteiger partial charge in [0.05, 0.1) is 6.10 Å². The van der Waals surface area contributed by atoms with Crippen LogP contribution in [0.15, 0.2) is 60.8 Å². The van der Waals surface area contributed by atoms with Gasteiger partial charge in [-0.3, -0.25) is 4.79 Å². The number of carbonyl (C=O) groups is 1. The van der Waals surface area contributed by atoms with Crippen LogP contribution in [0.25, 0.3) is 0 Å². The van der Waals surface area contributed by atoms with Crippen LogP contribution < -0.4 is 10.1 Å². The Morgan fingerprint density at radius 2 is 1.97 bits per heavy atom. The number of amides is 1. The zero-order chi connectivity index (χ0) is 20.2. The molecule has 0 fully saturated rings. The Morgan fingerprint density at radius 1 is 1.14 bits per heavy atom. The van der Waals surface area contributed by atoms with E-state index < -0.39 is 0 Å². The minimum Gasteiger partial charge on any atom is -0.472 e. The summed E-state index contributed by atoms with van der Waals surface area (Å²) in [7, 11) is 1.71. The van der Waals surface area contributed by atoms with Crippen LogP contribution in [-0.2, 0) is 24.2 Å². The van der Waals surface area contributed by atoms with Crippen molar-refractivity contribution in [1.29, 1.82) is 0 Å². The molecule has 148 valence electrons. The summed E-state index contributed by atoms with van der Waals surface area (Å²) in [6, 6.07) is 15.5. The standard InChI is InChI=1S/C23H21FN2O3/c1-28-19-12-15-8-9-18(11-17(15)13-19)26-22(27)20-6-4-10-25-23(20)29-14-16-5-2-3-7-21(16)24/h2-11,19H,12-14H2,1H3,(H,26,27). The molecule has 4 rings (SSSR count). The van der Waals surface area contributed by atoms with Crippen LogP contribution in [0.3, 0.4) is 0 Å². The average molecular weight is 392 g/mol. The van der Waals surface area contributed by atoms with Crippen molar-refractivity contribution in [2.45, 2.75) is 25.6 Å². The molecule has 0 saturated carbocycles. The molecule has 0 saturated heterocycles. The second-order valence-corrected chi connectivity index (χ2v) is 6.94. The predicted octanol–water partition coefficient (Wildman–Crippen LogP) is 4.17. The molecule has 6 heteroatoms. The highest BCUT2D eigenvalue weighted by atomic mass is 19.1. The Labute approximate surface area is 168 Å². The molecule has 2 aromatic carbocycles. The summed E-state index contributed by atoms with van der Waals surface area (Å²) in [6.07, 6.45) is 3.44. The van der Waals surface area contributed by atoms with Gasteiger partial charge in [0.25, 0.3) is 5.91 Å². The number of aromatic nitrogens is 1. The van der Waals surface area contributed by atoms with Crippen molar-refractivity contribution in [2.75, 3.05) is 12.4 Å².